The Morgan fingerprint density at radius 3 is 2.56 bits per heavy atom. The lowest BCUT2D eigenvalue weighted by Gasteiger charge is -2.44. The SMILES string of the molecule is CNC(=O)C1C=CC(N2C(=S)N(c3cnc(C#N)c(C(F)(F)F)c3)C(=O)C23CCC3)=CC1(C)F. The molecule has 4 rings (SSSR count). The van der Waals surface area contributed by atoms with Gasteiger partial charge in [-0.25, -0.2) is 9.37 Å². The minimum absolute atomic E-state index is 0.130. The number of amides is 2. The van der Waals surface area contributed by atoms with Gasteiger partial charge in [-0.05, 0) is 56.6 Å². The molecule has 2 aliphatic carbocycles. The van der Waals surface area contributed by atoms with Crippen molar-refractivity contribution in [1.82, 2.24) is 15.2 Å². The molecule has 1 saturated carbocycles. The summed E-state index contributed by atoms with van der Waals surface area (Å²) in [4.78, 5) is 31.5. The van der Waals surface area contributed by atoms with E-state index < -0.39 is 46.4 Å². The van der Waals surface area contributed by atoms with Crippen molar-refractivity contribution in [3.05, 3.63) is 47.4 Å². The number of nitriles is 1. The number of allylic oxidation sites excluding steroid dienone is 2. The molecule has 34 heavy (non-hydrogen) atoms. The zero-order valence-electron chi connectivity index (χ0n) is 18.1. The minimum atomic E-state index is -4.87. The minimum Gasteiger partial charge on any atom is -0.359 e. The fraction of sp³-hybridized carbons (Fsp3) is 0.409. The molecule has 3 aliphatic rings. The van der Waals surface area contributed by atoms with Crippen molar-refractivity contribution in [3.63, 3.8) is 0 Å². The van der Waals surface area contributed by atoms with E-state index in [1.807, 2.05) is 0 Å². The van der Waals surface area contributed by atoms with Gasteiger partial charge in [-0.1, -0.05) is 6.08 Å². The molecule has 1 aromatic heterocycles. The maximum absolute atomic E-state index is 15.4. The molecular formula is C22H19F4N5O2S. The van der Waals surface area contributed by atoms with Crippen molar-refractivity contribution >= 4 is 34.8 Å². The van der Waals surface area contributed by atoms with Crippen LogP contribution in [0.4, 0.5) is 23.2 Å². The number of alkyl halides is 4. The molecule has 7 nitrogen and oxygen atoms in total. The number of hydrogen-bond donors (Lipinski definition) is 1. The van der Waals surface area contributed by atoms with Gasteiger partial charge >= 0.3 is 6.18 Å². The van der Waals surface area contributed by atoms with Crippen molar-refractivity contribution in [2.75, 3.05) is 11.9 Å². The highest BCUT2D eigenvalue weighted by Gasteiger charge is 2.60. The lowest BCUT2D eigenvalue weighted by molar-refractivity contribution is -0.138. The largest absolute Gasteiger partial charge is 0.419 e. The van der Waals surface area contributed by atoms with Crippen LogP contribution >= 0.6 is 12.2 Å². The Bertz CT molecular complexity index is 1200. The van der Waals surface area contributed by atoms with Gasteiger partial charge in [-0.2, -0.15) is 18.4 Å². The first-order chi connectivity index (χ1) is 15.9. The highest BCUT2D eigenvalue weighted by Crippen LogP contribution is 2.49. The molecule has 2 fully saturated rings. The Hall–Kier alpha value is -3.33. The number of halogens is 4. The van der Waals surface area contributed by atoms with Crippen LogP contribution in [0.2, 0.25) is 0 Å². The van der Waals surface area contributed by atoms with Gasteiger partial charge in [-0.3, -0.25) is 14.5 Å². The summed E-state index contributed by atoms with van der Waals surface area (Å²) in [7, 11) is 1.39. The number of carbonyl (C=O) groups is 2. The van der Waals surface area contributed by atoms with E-state index in [9.17, 15) is 22.8 Å². The molecule has 2 amide bonds. The first kappa shape index (κ1) is 23.8. The van der Waals surface area contributed by atoms with E-state index in [0.717, 1.165) is 11.1 Å². The molecule has 2 unspecified atom stereocenters. The van der Waals surface area contributed by atoms with E-state index >= 15 is 4.39 Å². The summed E-state index contributed by atoms with van der Waals surface area (Å²) in [5.74, 6) is -2.18. The van der Waals surface area contributed by atoms with E-state index in [-0.39, 0.29) is 16.5 Å². The number of pyridine rings is 1. The smallest absolute Gasteiger partial charge is 0.359 e. The van der Waals surface area contributed by atoms with E-state index in [1.54, 1.807) is 0 Å². The Morgan fingerprint density at radius 2 is 2.06 bits per heavy atom. The van der Waals surface area contributed by atoms with Gasteiger partial charge in [0.1, 0.15) is 17.3 Å². The first-order valence-electron chi connectivity index (χ1n) is 10.3. The highest BCUT2D eigenvalue weighted by molar-refractivity contribution is 7.80. The lowest BCUT2D eigenvalue weighted by atomic mass is 9.74. The maximum atomic E-state index is 15.4. The molecule has 2 atom stereocenters. The number of hydrogen-bond acceptors (Lipinski definition) is 5. The van der Waals surface area contributed by atoms with Gasteiger partial charge < -0.3 is 10.2 Å². The predicted molar refractivity (Wildman–Crippen MR) is 117 cm³/mol. The van der Waals surface area contributed by atoms with Gasteiger partial charge in [0.2, 0.25) is 5.91 Å². The molecule has 1 N–H and O–H groups in total. The summed E-state index contributed by atoms with van der Waals surface area (Å²) in [5.41, 5.74) is -5.37. The molecule has 1 saturated heterocycles. The van der Waals surface area contributed by atoms with Crippen LogP contribution in [0, 0.1) is 17.2 Å². The number of carbonyl (C=O) groups excluding carboxylic acids is 2. The third-order valence-electron chi connectivity index (χ3n) is 6.42. The van der Waals surface area contributed by atoms with Gasteiger partial charge in [0, 0.05) is 12.7 Å². The van der Waals surface area contributed by atoms with E-state index in [2.05, 4.69) is 10.3 Å². The fourth-order valence-corrected chi connectivity index (χ4v) is 5.01. The fourth-order valence-electron chi connectivity index (χ4n) is 4.54. The van der Waals surface area contributed by atoms with Crippen LogP contribution in [0.5, 0.6) is 0 Å². The quantitative estimate of drug-likeness (QED) is 0.513. The van der Waals surface area contributed by atoms with Crippen molar-refractivity contribution in [1.29, 1.82) is 5.26 Å². The second-order valence-electron chi connectivity index (χ2n) is 8.51. The second kappa shape index (κ2) is 7.87. The third kappa shape index (κ3) is 3.46. The van der Waals surface area contributed by atoms with Crippen LogP contribution in [0.25, 0.3) is 0 Å². The average molecular weight is 493 g/mol. The number of aromatic nitrogens is 1. The van der Waals surface area contributed by atoms with Crippen LogP contribution in [-0.4, -0.2) is 45.1 Å². The normalized spacial score (nSPS) is 25.8. The summed E-state index contributed by atoms with van der Waals surface area (Å²) in [6.07, 6.45) is 1.59. The van der Waals surface area contributed by atoms with Crippen LogP contribution < -0.4 is 10.2 Å². The zero-order chi connectivity index (χ0) is 25.1. The van der Waals surface area contributed by atoms with Crippen molar-refractivity contribution < 1.29 is 27.2 Å². The number of thiocarbonyl (C=S) groups is 1. The van der Waals surface area contributed by atoms with Gasteiger partial charge in [0.05, 0.1) is 23.4 Å². The van der Waals surface area contributed by atoms with Crippen LogP contribution in [0.1, 0.15) is 37.4 Å². The summed E-state index contributed by atoms with van der Waals surface area (Å²) < 4.78 is 55.9. The molecule has 1 aliphatic heterocycles. The summed E-state index contributed by atoms with van der Waals surface area (Å²) in [5, 5.41) is 11.3. The molecule has 1 aromatic rings. The second-order valence-corrected chi connectivity index (χ2v) is 8.88. The molecule has 178 valence electrons. The van der Waals surface area contributed by atoms with Gasteiger partial charge in [0.15, 0.2) is 10.8 Å². The van der Waals surface area contributed by atoms with E-state index in [0.29, 0.717) is 25.3 Å². The van der Waals surface area contributed by atoms with Crippen molar-refractivity contribution in [2.45, 2.75) is 43.6 Å². The summed E-state index contributed by atoms with van der Waals surface area (Å²) in [6.45, 7) is 1.22. The van der Waals surface area contributed by atoms with Crippen molar-refractivity contribution in [3.8, 4) is 6.07 Å². The molecule has 12 heteroatoms. The topological polar surface area (TPSA) is 89.3 Å². The molecular weight excluding hydrogens is 474 g/mol. The highest BCUT2D eigenvalue weighted by atomic mass is 32.1. The van der Waals surface area contributed by atoms with Gasteiger partial charge in [-0.15, -0.1) is 0 Å². The zero-order valence-corrected chi connectivity index (χ0v) is 18.9. The van der Waals surface area contributed by atoms with E-state index in [1.165, 1.54) is 43.2 Å². The number of nitrogens with zero attached hydrogens (tertiary/aromatic N) is 4. The van der Waals surface area contributed by atoms with Crippen molar-refractivity contribution in [2.24, 2.45) is 5.92 Å². The standard InChI is InChI=1S/C22H19F4N5O2S/c1-20(23)9-12(4-5-14(20)17(32)28-2)31-19(34)30(18(33)21(31)6-3-7-21)13-8-15(22(24,25)26)16(10-27)29-11-13/h4-5,8-9,11,14H,3,6-7H2,1-2H3,(H,28,32). The molecule has 2 heterocycles. The monoisotopic (exact) mass is 493 g/mol. The Labute approximate surface area is 197 Å². The Balaban J connectivity index is 1.78. The van der Waals surface area contributed by atoms with Crippen LogP contribution in [-0.2, 0) is 15.8 Å². The Morgan fingerprint density at radius 1 is 1.38 bits per heavy atom. The van der Waals surface area contributed by atoms with Gasteiger partial charge in [0.25, 0.3) is 5.91 Å². The third-order valence-corrected chi connectivity index (χ3v) is 6.79. The average Bonchev–Trinajstić information content (AvgIpc) is 2.98. The molecule has 0 bridgehead atoms. The number of rotatable bonds is 3. The van der Waals surface area contributed by atoms with E-state index in [4.69, 9.17) is 17.5 Å². The lowest BCUT2D eigenvalue weighted by Crippen LogP contribution is -2.55. The van der Waals surface area contributed by atoms with Crippen LogP contribution in [0.15, 0.2) is 36.2 Å². The first-order valence-corrected chi connectivity index (χ1v) is 10.8. The molecule has 1 spiro atoms. The van der Waals surface area contributed by atoms with Crippen LogP contribution in [0.3, 0.4) is 0 Å². The predicted octanol–water partition coefficient (Wildman–Crippen LogP) is 3.37. The number of nitrogens with one attached hydrogen (secondary N) is 1. The summed E-state index contributed by atoms with van der Waals surface area (Å²) in [6, 6.07) is 2.06. The maximum Gasteiger partial charge on any atom is 0.419 e. The summed E-state index contributed by atoms with van der Waals surface area (Å²) >= 11 is 5.51. The number of anilines is 1. The molecule has 0 aromatic carbocycles. The Kier molecular flexibility index (Phi) is 5.51. The molecule has 0 radical (unpaired) electrons.